The van der Waals surface area contributed by atoms with Gasteiger partial charge in [-0.25, -0.2) is 0 Å². The molecule has 0 aliphatic carbocycles. The highest BCUT2D eigenvalue weighted by molar-refractivity contribution is 5.14. The zero-order valence-electron chi connectivity index (χ0n) is 13.2. The van der Waals surface area contributed by atoms with E-state index in [9.17, 15) is 0 Å². The van der Waals surface area contributed by atoms with Crippen LogP contribution in [0, 0.1) is 0 Å². The second-order valence-corrected chi connectivity index (χ2v) is 5.19. The van der Waals surface area contributed by atoms with Gasteiger partial charge >= 0.3 is 0 Å². The zero-order chi connectivity index (χ0) is 14.1. The molecule has 0 aliphatic heterocycles. The first-order chi connectivity index (χ1) is 9.26. The van der Waals surface area contributed by atoms with Crippen LogP contribution in [0.4, 0.5) is 0 Å². The lowest BCUT2D eigenvalue weighted by Crippen LogP contribution is -2.23. The molecule has 1 aromatic heterocycles. The molecule has 0 spiro atoms. The van der Waals surface area contributed by atoms with E-state index >= 15 is 0 Å². The first-order valence-electron chi connectivity index (χ1n) is 8.06. The number of rotatable bonds is 10. The lowest BCUT2D eigenvalue weighted by atomic mass is 10.0. The van der Waals surface area contributed by atoms with E-state index < -0.39 is 0 Å². The SMILES string of the molecule is CCCCCCC(NCC)c1cc(CC)nn1CC. The van der Waals surface area contributed by atoms with E-state index in [0.717, 1.165) is 19.5 Å². The van der Waals surface area contributed by atoms with Crippen LogP contribution in [0.5, 0.6) is 0 Å². The Hall–Kier alpha value is -0.830. The highest BCUT2D eigenvalue weighted by Crippen LogP contribution is 2.21. The lowest BCUT2D eigenvalue weighted by molar-refractivity contribution is 0.445. The van der Waals surface area contributed by atoms with Gasteiger partial charge in [-0.2, -0.15) is 5.10 Å². The van der Waals surface area contributed by atoms with Crippen molar-refractivity contribution in [2.75, 3.05) is 6.54 Å². The van der Waals surface area contributed by atoms with Crippen LogP contribution in [0.1, 0.15) is 77.2 Å². The van der Waals surface area contributed by atoms with Gasteiger partial charge in [-0.05, 0) is 32.4 Å². The van der Waals surface area contributed by atoms with Crippen molar-refractivity contribution in [2.24, 2.45) is 0 Å². The van der Waals surface area contributed by atoms with E-state index in [2.05, 4.69) is 48.9 Å². The predicted molar refractivity (Wildman–Crippen MR) is 82.5 cm³/mol. The maximum absolute atomic E-state index is 4.67. The number of aromatic nitrogens is 2. The normalized spacial score (nSPS) is 12.8. The largest absolute Gasteiger partial charge is 0.309 e. The predicted octanol–water partition coefficient (Wildman–Crippen LogP) is 4.09. The van der Waals surface area contributed by atoms with Gasteiger partial charge in [0.25, 0.3) is 0 Å². The van der Waals surface area contributed by atoms with Gasteiger partial charge in [0.05, 0.1) is 11.4 Å². The summed E-state index contributed by atoms with van der Waals surface area (Å²) >= 11 is 0. The smallest absolute Gasteiger partial charge is 0.0625 e. The molecule has 19 heavy (non-hydrogen) atoms. The second kappa shape index (κ2) is 9.13. The molecule has 0 saturated carbocycles. The van der Waals surface area contributed by atoms with Gasteiger partial charge in [0.1, 0.15) is 0 Å². The molecule has 1 atom stereocenters. The molecule has 1 heterocycles. The Morgan fingerprint density at radius 3 is 2.53 bits per heavy atom. The van der Waals surface area contributed by atoms with Gasteiger partial charge in [0.2, 0.25) is 0 Å². The summed E-state index contributed by atoms with van der Waals surface area (Å²) in [7, 11) is 0. The monoisotopic (exact) mass is 265 g/mol. The summed E-state index contributed by atoms with van der Waals surface area (Å²) < 4.78 is 2.17. The number of hydrogen-bond acceptors (Lipinski definition) is 2. The molecular formula is C16H31N3. The summed E-state index contributed by atoms with van der Waals surface area (Å²) in [4.78, 5) is 0. The number of aryl methyl sites for hydroxylation is 2. The van der Waals surface area contributed by atoms with E-state index in [1.54, 1.807) is 0 Å². The topological polar surface area (TPSA) is 29.9 Å². The molecule has 3 nitrogen and oxygen atoms in total. The van der Waals surface area contributed by atoms with Crippen molar-refractivity contribution in [1.82, 2.24) is 15.1 Å². The fraction of sp³-hybridized carbons (Fsp3) is 0.812. The Bertz CT molecular complexity index is 344. The maximum atomic E-state index is 4.67. The Balaban J connectivity index is 2.70. The Morgan fingerprint density at radius 2 is 1.95 bits per heavy atom. The quantitative estimate of drug-likeness (QED) is 0.646. The highest BCUT2D eigenvalue weighted by atomic mass is 15.3. The fourth-order valence-corrected chi connectivity index (χ4v) is 2.57. The van der Waals surface area contributed by atoms with Gasteiger partial charge in [0, 0.05) is 12.6 Å². The van der Waals surface area contributed by atoms with E-state index in [-0.39, 0.29) is 0 Å². The van der Waals surface area contributed by atoms with Crippen LogP contribution in [0.2, 0.25) is 0 Å². The van der Waals surface area contributed by atoms with Gasteiger partial charge < -0.3 is 5.32 Å². The first kappa shape index (κ1) is 16.2. The molecule has 110 valence electrons. The molecule has 0 fully saturated rings. The first-order valence-corrected chi connectivity index (χ1v) is 8.06. The molecule has 0 aliphatic rings. The van der Waals surface area contributed by atoms with Crippen molar-refractivity contribution >= 4 is 0 Å². The van der Waals surface area contributed by atoms with Crippen LogP contribution in [0.15, 0.2) is 6.07 Å². The molecule has 3 heteroatoms. The van der Waals surface area contributed by atoms with Crippen LogP contribution in [-0.2, 0) is 13.0 Å². The molecule has 1 N–H and O–H groups in total. The molecule has 1 aromatic rings. The molecule has 0 bridgehead atoms. The summed E-state index contributed by atoms with van der Waals surface area (Å²) in [6.07, 6.45) is 7.56. The summed E-state index contributed by atoms with van der Waals surface area (Å²) in [6.45, 7) is 10.8. The minimum Gasteiger partial charge on any atom is -0.309 e. The number of nitrogens with zero attached hydrogens (tertiary/aromatic N) is 2. The summed E-state index contributed by atoms with van der Waals surface area (Å²) in [5.74, 6) is 0. The summed E-state index contributed by atoms with van der Waals surface area (Å²) in [5.41, 5.74) is 2.59. The molecule has 1 unspecified atom stereocenters. The average Bonchev–Trinajstić information content (AvgIpc) is 2.85. The molecule has 0 saturated heterocycles. The number of hydrogen-bond donors (Lipinski definition) is 1. The van der Waals surface area contributed by atoms with Gasteiger partial charge in [-0.1, -0.05) is 46.5 Å². The molecule has 0 aromatic carbocycles. The third kappa shape index (κ3) is 4.98. The third-order valence-electron chi connectivity index (χ3n) is 3.68. The van der Waals surface area contributed by atoms with E-state index in [4.69, 9.17) is 0 Å². The van der Waals surface area contributed by atoms with Crippen molar-refractivity contribution in [3.05, 3.63) is 17.5 Å². The van der Waals surface area contributed by atoms with Gasteiger partial charge in [-0.15, -0.1) is 0 Å². The van der Waals surface area contributed by atoms with E-state index in [0.29, 0.717) is 6.04 Å². The minimum atomic E-state index is 0.467. The molecule has 1 rings (SSSR count). The summed E-state index contributed by atoms with van der Waals surface area (Å²) in [5, 5.41) is 8.30. The van der Waals surface area contributed by atoms with Crippen molar-refractivity contribution in [3.8, 4) is 0 Å². The van der Waals surface area contributed by atoms with Crippen molar-refractivity contribution in [2.45, 2.75) is 78.8 Å². The van der Waals surface area contributed by atoms with Crippen LogP contribution in [-0.4, -0.2) is 16.3 Å². The average molecular weight is 265 g/mol. The molecule has 0 radical (unpaired) electrons. The van der Waals surface area contributed by atoms with E-state index in [1.807, 2.05) is 0 Å². The fourth-order valence-electron chi connectivity index (χ4n) is 2.57. The minimum absolute atomic E-state index is 0.467. The lowest BCUT2D eigenvalue weighted by Gasteiger charge is -2.19. The van der Waals surface area contributed by atoms with Crippen LogP contribution < -0.4 is 5.32 Å². The Morgan fingerprint density at radius 1 is 1.16 bits per heavy atom. The highest BCUT2D eigenvalue weighted by Gasteiger charge is 2.16. The van der Waals surface area contributed by atoms with Crippen LogP contribution in [0.25, 0.3) is 0 Å². The third-order valence-corrected chi connectivity index (χ3v) is 3.68. The summed E-state index contributed by atoms with van der Waals surface area (Å²) in [6, 6.07) is 2.76. The van der Waals surface area contributed by atoms with Crippen LogP contribution >= 0.6 is 0 Å². The zero-order valence-corrected chi connectivity index (χ0v) is 13.2. The van der Waals surface area contributed by atoms with E-state index in [1.165, 1.54) is 43.5 Å². The van der Waals surface area contributed by atoms with Crippen molar-refractivity contribution < 1.29 is 0 Å². The standard InChI is InChI=1S/C16H31N3/c1-5-9-10-11-12-15(17-7-3)16-13-14(6-2)18-19(16)8-4/h13,15,17H,5-12H2,1-4H3. The number of nitrogens with one attached hydrogen (secondary N) is 1. The molecular weight excluding hydrogens is 234 g/mol. The molecule has 0 amide bonds. The Kier molecular flexibility index (Phi) is 7.80. The second-order valence-electron chi connectivity index (χ2n) is 5.19. The van der Waals surface area contributed by atoms with Gasteiger partial charge in [0.15, 0.2) is 0 Å². The maximum Gasteiger partial charge on any atom is 0.0625 e. The number of unbranched alkanes of at least 4 members (excludes halogenated alkanes) is 3. The van der Waals surface area contributed by atoms with Gasteiger partial charge in [-0.3, -0.25) is 4.68 Å². The van der Waals surface area contributed by atoms with Crippen LogP contribution in [0.3, 0.4) is 0 Å². The van der Waals surface area contributed by atoms with Crippen molar-refractivity contribution in [1.29, 1.82) is 0 Å². The Labute approximate surface area is 118 Å². The van der Waals surface area contributed by atoms with Crippen molar-refractivity contribution in [3.63, 3.8) is 0 Å².